The molecule has 0 bridgehead atoms. The van der Waals surface area contributed by atoms with Crippen LogP contribution in [0, 0.1) is 27.7 Å². The molecule has 8 heteroatoms. The maximum atomic E-state index is 14.0. The van der Waals surface area contributed by atoms with Crippen molar-refractivity contribution < 1.29 is 4.79 Å². The third kappa shape index (κ3) is 5.66. The number of aromatic nitrogens is 4. The molecule has 0 saturated heterocycles. The van der Waals surface area contributed by atoms with E-state index in [-0.39, 0.29) is 23.9 Å². The Bertz CT molecular complexity index is 1990. The highest BCUT2D eigenvalue weighted by atomic mass is 32.1. The fourth-order valence-corrected chi connectivity index (χ4v) is 6.45. The molecule has 0 aliphatic heterocycles. The van der Waals surface area contributed by atoms with E-state index >= 15 is 0 Å². The molecule has 0 spiro atoms. The van der Waals surface area contributed by atoms with Crippen LogP contribution in [0.25, 0.3) is 21.9 Å². The van der Waals surface area contributed by atoms with Crippen molar-refractivity contribution in [3.8, 4) is 16.9 Å². The van der Waals surface area contributed by atoms with E-state index in [1.165, 1.54) is 16.9 Å². The van der Waals surface area contributed by atoms with Gasteiger partial charge in [-0.2, -0.15) is 5.10 Å². The molecule has 1 amide bonds. The van der Waals surface area contributed by atoms with Crippen LogP contribution >= 0.6 is 11.3 Å². The van der Waals surface area contributed by atoms with Crippen molar-refractivity contribution in [1.82, 2.24) is 24.5 Å². The quantitative estimate of drug-likeness (QED) is 0.221. The molecule has 0 aliphatic carbocycles. The summed E-state index contributed by atoms with van der Waals surface area (Å²) in [7, 11) is 0. The largest absolute Gasteiger partial charge is 0.349 e. The van der Waals surface area contributed by atoms with Gasteiger partial charge in [0.05, 0.1) is 29.4 Å². The van der Waals surface area contributed by atoms with Crippen LogP contribution in [-0.4, -0.2) is 25.1 Å². The Hall–Kier alpha value is -4.82. The first kappa shape index (κ1) is 28.3. The number of fused-ring (bicyclic) bond motifs is 1. The SMILES string of the molecule is Cc1cccc(-n2nc(-c3c(C)nc4scc(CC(=O)NC(Cc5ccccc5)c5ccccc5)n4c3=O)cc2C)c1C. The fourth-order valence-electron chi connectivity index (χ4n) is 5.53. The molecule has 6 aromatic rings. The van der Waals surface area contributed by atoms with Gasteiger partial charge in [-0.1, -0.05) is 72.8 Å². The number of thiazole rings is 1. The minimum Gasteiger partial charge on any atom is -0.349 e. The van der Waals surface area contributed by atoms with Crippen molar-refractivity contribution in [3.63, 3.8) is 0 Å². The maximum absolute atomic E-state index is 14.0. The molecule has 7 nitrogen and oxygen atoms in total. The van der Waals surface area contributed by atoms with Gasteiger partial charge in [-0.05, 0) is 68.5 Å². The average Bonchev–Trinajstić information content (AvgIpc) is 3.58. The van der Waals surface area contributed by atoms with Crippen molar-refractivity contribution in [2.75, 3.05) is 0 Å². The third-order valence-corrected chi connectivity index (χ3v) is 8.80. The number of hydrogen-bond acceptors (Lipinski definition) is 5. The molecule has 3 aromatic carbocycles. The number of carbonyl (C=O) groups excluding carboxylic acids is 1. The number of hydrogen-bond donors (Lipinski definition) is 1. The molecular formula is C35H33N5O2S. The van der Waals surface area contributed by atoms with Gasteiger partial charge in [0.15, 0.2) is 4.96 Å². The Balaban J connectivity index is 1.32. The molecule has 3 aromatic heterocycles. The highest BCUT2D eigenvalue weighted by molar-refractivity contribution is 7.15. The first-order chi connectivity index (χ1) is 20.8. The summed E-state index contributed by atoms with van der Waals surface area (Å²) >= 11 is 1.36. The summed E-state index contributed by atoms with van der Waals surface area (Å²) in [6.07, 6.45) is 0.715. The topological polar surface area (TPSA) is 81.3 Å². The first-order valence-electron chi connectivity index (χ1n) is 14.3. The van der Waals surface area contributed by atoms with E-state index in [1.54, 1.807) is 4.40 Å². The zero-order chi connectivity index (χ0) is 30.1. The Labute approximate surface area is 254 Å². The van der Waals surface area contributed by atoms with Crippen LogP contribution in [0.3, 0.4) is 0 Å². The predicted molar refractivity (Wildman–Crippen MR) is 172 cm³/mol. The van der Waals surface area contributed by atoms with E-state index in [4.69, 9.17) is 10.1 Å². The number of carbonyl (C=O) groups is 1. The van der Waals surface area contributed by atoms with E-state index in [2.05, 4.69) is 37.4 Å². The minimum absolute atomic E-state index is 0.0537. The second-order valence-electron chi connectivity index (χ2n) is 10.9. The highest BCUT2D eigenvalue weighted by Gasteiger charge is 2.22. The van der Waals surface area contributed by atoms with Gasteiger partial charge in [-0.3, -0.25) is 14.0 Å². The molecule has 1 N–H and O–H groups in total. The Morgan fingerprint density at radius 1 is 0.930 bits per heavy atom. The Kier molecular flexibility index (Phi) is 7.78. The Morgan fingerprint density at radius 2 is 1.65 bits per heavy atom. The molecular weight excluding hydrogens is 554 g/mol. The van der Waals surface area contributed by atoms with Crippen molar-refractivity contribution >= 4 is 22.2 Å². The van der Waals surface area contributed by atoms with Gasteiger partial charge in [-0.25, -0.2) is 9.67 Å². The van der Waals surface area contributed by atoms with Crippen molar-refractivity contribution in [1.29, 1.82) is 0 Å². The van der Waals surface area contributed by atoms with E-state index in [9.17, 15) is 9.59 Å². The van der Waals surface area contributed by atoms with Crippen LogP contribution in [0.15, 0.2) is 95.1 Å². The summed E-state index contributed by atoms with van der Waals surface area (Å²) in [6, 6.07) is 27.9. The second-order valence-corrected chi connectivity index (χ2v) is 11.8. The normalized spacial score (nSPS) is 12.0. The van der Waals surface area contributed by atoms with Crippen molar-refractivity contribution in [3.05, 3.63) is 140 Å². The van der Waals surface area contributed by atoms with E-state index in [1.807, 2.05) is 90.6 Å². The lowest BCUT2D eigenvalue weighted by Gasteiger charge is -2.19. The zero-order valence-electron chi connectivity index (χ0n) is 24.7. The molecule has 1 atom stereocenters. The molecule has 3 heterocycles. The number of nitrogens with one attached hydrogen (secondary N) is 1. The van der Waals surface area contributed by atoms with Crippen molar-refractivity contribution in [2.24, 2.45) is 0 Å². The number of benzene rings is 3. The summed E-state index contributed by atoms with van der Waals surface area (Å²) in [5, 5.41) is 9.92. The van der Waals surface area contributed by atoms with Gasteiger partial charge < -0.3 is 5.32 Å². The summed E-state index contributed by atoms with van der Waals surface area (Å²) in [6.45, 7) is 7.97. The van der Waals surface area contributed by atoms with Gasteiger partial charge in [0.25, 0.3) is 5.56 Å². The standard InChI is InChI=1S/C35H33N5O2S/c1-22-12-11-17-31(24(22)3)40-23(2)18-30(38-40)33-25(4)36-35-39(34(33)42)28(21-43-35)20-32(41)37-29(27-15-9-6-10-16-27)19-26-13-7-5-8-14-26/h5-18,21,29H,19-20H2,1-4H3,(H,37,41). The van der Waals surface area contributed by atoms with Gasteiger partial charge in [-0.15, -0.1) is 11.3 Å². The van der Waals surface area contributed by atoms with Crippen LogP contribution in [0.2, 0.25) is 0 Å². The Morgan fingerprint density at radius 3 is 2.40 bits per heavy atom. The molecule has 216 valence electrons. The predicted octanol–water partition coefficient (Wildman–Crippen LogP) is 6.49. The molecule has 1 unspecified atom stereocenters. The minimum atomic E-state index is -0.221. The first-order valence-corrected chi connectivity index (χ1v) is 15.2. The van der Waals surface area contributed by atoms with E-state index in [0.717, 1.165) is 28.1 Å². The summed E-state index contributed by atoms with van der Waals surface area (Å²) < 4.78 is 3.44. The number of aryl methyl sites for hydroxylation is 3. The fraction of sp³-hybridized carbons (Fsp3) is 0.200. The molecule has 0 saturated carbocycles. The number of nitrogens with zero attached hydrogens (tertiary/aromatic N) is 4. The van der Waals surface area contributed by atoms with Gasteiger partial charge in [0.2, 0.25) is 5.91 Å². The second kappa shape index (κ2) is 11.8. The lowest BCUT2D eigenvalue weighted by Crippen LogP contribution is -2.32. The molecule has 43 heavy (non-hydrogen) atoms. The van der Waals surface area contributed by atoms with Crippen LogP contribution in [0.4, 0.5) is 0 Å². The van der Waals surface area contributed by atoms with Crippen LogP contribution in [0.1, 0.15) is 45.4 Å². The molecule has 0 radical (unpaired) electrons. The van der Waals surface area contributed by atoms with Crippen LogP contribution in [-0.2, 0) is 17.6 Å². The molecule has 6 rings (SSSR count). The molecule has 0 fully saturated rings. The van der Waals surface area contributed by atoms with Gasteiger partial charge >= 0.3 is 0 Å². The molecule has 0 aliphatic rings. The van der Waals surface area contributed by atoms with E-state index < -0.39 is 0 Å². The van der Waals surface area contributed by atoms with Crippen LogP contribution in [0.5, 0.6) is 0 Å². The zero-order valence-corrected chi connectivity index (χ0v) is 25.5. The monoisotopic (exact) mass is 587 g/mol. The summed E-state index contributed by atoms with van der Waals surface area (Å²) in [4.78, 5) is 32.8. The number of amides is 1. The smallest absolute Gasteiger partial charge is 0.268 e. The summed E-state index contributed by atoms with van der Waals surface area (Å²) in [5.74, 6) is -0.159. The maximum Gasteiger partial charge on any atom is 0.268 e. The summed E-state index contributed by atoms with van der Waals surface area (Å²) in [5.41, 5.74) is 8.37. The van der Waals surface area contributed by atoms with Gasteiger partial charge in [0.1, 0.15) is 5.69 Å². The number of rotatable bonds is 8. The highest BCUT2D eigenvalue weighted by Crippen LogP contribution is 2.26. The third-order valence-electron chi connectivity index (χ3n) is 7.93. The van der Waals surface area contributed by atoms with E-state index in [0.29, 0.717) is 34.0 Å². The van der Waals surface area contributed by atoms with Crippen LogP contribution < -0.4 is 10.9 Å². The average molecular weight is 588 g/mol. The van der Waals surface area contributed by atoms with Crippen molar-refractivity contribution in [2.45, 2.75) is 46.6 Å². The lowest BCUT2D eigenvalue weighted by molar-refractivity contribution is -0.121. The van der Waals surface area contributed by atoms with Gasteiger partial charge in [0, 0.05) is 16.8 Å². The lowest BCUT2D eigenvalue weighted by atomic mass is 9.98.